The largest absolute Gasteiger partial charge is 0.481 e. The zero-order chi connectivity index (χ0) is 13.5. The highest BCUT2D eigenvalue weighted by molar-refractivity contribution is 5.76. The summed E-state index contributed by atoms with van der Waals surface area (Å²) in [5.41, 5.74) is 0.188. The van der Waals surface area contributed by atoms with Gasteiger partial charge in [0.2, 0.25) is 0 Å². The SMILES string of the molecule is CC(C)(CC=O)C(=O)O.Cc1ccc(F)cc1. The van der Waals surface area contributed by atoms with Gasteiger partial charge in [-0.15, -0.1) is 0 Å². The maximum atomic E-state index is 12.1. The van der Waals surface area contributed by atoms with Crippen LogP contribution in [-0.2, 0) is 9.59 Å². The maximum absolute atomic E-state index is 12.1. The fourth-order valence-electron chi connectivity index (χ4n) is 0.829. The highest BCUT2D eigenvalue weighted by atomic mass is 19.1. The number of halogens is 1. The van der Waals surface area contributed by atoms with Gasteiger partial charge in [0.15, 0.2) is 0 Å². The number of benzene rings is 1. The van der Waals surface area contributed by atoms with E-state index in [9.17, 15) is 14.0 Å². The number of aldehydes is 1. The second kappa shape index (κ2) is 6.78. The van der Waals surface area contributed by atoms with Crippen molar-refractivity contribution in [3.8, 4) is 0 Å². The Balaban J connectivity index is 0.000000302. The van der Waals surface area contributed by atoms with E-state index < -0.39 is 11.4 Å². The molecular formula is C13H17FO3. The van der Waals surface area contributed by atoms with Crippen LogP contribution in [0.15, 0.2) is 24.3 Å². The average Bonchev–Trinajstić information content (AvgIpc) is 2.23. The summed E-state index contributed by atoms with van der Waals surface area (Å²) < 4.78 is 12.1. The van der Waals surface area contributed by atoms with Crippen molar-refractivity contribution in [3.05, 3.63) is 35.6 Å². The van der Waals surface area contributed by atoms with Crippen LogP contribution in [0, 0.1) is 18.2 Å². The van der Waals surface area contributed by atoms with E-state index in [-0.39, 0.29) is 12.2 Å². The van der Waals surface area contributed by atoms with E-state index in [1.54, 1.807) is 12.1 Å². The summed E-state index contributed by atoms with van der Waals surface area (Å²) in [6, 6.07) is 6.40. The quantitative estimate of drug-likeness (QED) is 0.826. The van der Waals surface area contributed by atoms with E-state index in [1.165, 1.54) is 26.0 Å². The predicted molar refractivity (Wildman–Crippen MR) is 63.2 cm³/mol. The molecule has 94 valence electrons. The van der Waals surface area contributed by atoms with Gasteiger partial charge < -0.3 is 9.90 Å². The molecule has 0 aliphatic carbocycles. The van der Waals surface area contributed by atoms with Gasteiger partial charge in [0.25, 0.3) is 0 Å². The minimum Gasteiger partial charge on any atom is -0.481 e. The lowest BCUT2D eigenvalue weighted by atomic mass is 9.91. The molecule has 1 N–H and O–H groups in total. The van der Waals surface area contributed by atoms with E-state index in [4.69, 9.17) is 5.11 Å². The normalized spacial score (nSPS) is 10.1. The average molecular weight is 240 g/mol. The van der Waals surface area contributed by atoms with E-state index in [0.717, 1.165) is 5.56 Å². The summed E-state index contributed by atoms with van der Waals surface area (Å²) >= 11 is 0. The summed E-state index contributed by atoms with van der Waals surface area (Å²) in [5, 5.41) is 8.41. The summed E-state index contributed by atoms with van der Waals surface area (Å²) in [7, 11) is 0. The van der Waals surface area contributed by atoms with Crippen molar-refractivity contribution in [2.24, 2.45) is 5.41 Å². The van der Waals surface area contributed by atoms with Gasteiger partial charge >= 0.3 is 5.97 Å². The molecule has 1 rings (SSSR count). The highest BCUT2D eigenvalue weighted by Crippen LogP contribution is 2.17. The fourth-order valence-corrected chi connectivity index (χ4v) is 0.829. The van der Waals surface area contributed by atoms with Gasteiger partial charge in [-0.05, 0) is 32.9 Å². The standard InChI is InChI=1S/C7H7F.C6H10O3/c1-6-2-4-7(8)5-3-6;1-6(2,3-4-7)5(8)9/h2-5H,1H3;4H,3H2,1-2H3,(H,8,9). The van der Waals surface area contributed by atoms with E-state index in [2.05, 4.69) is 0 Å². The van der Waals surface area contributed by atoms with Crippen molar-refractivity contribution >= 4 is 12.3 Å². The highest BCUT2D eigenvalue weighted by Gasteiger charge is 2.25. The Kier molecular flexibility index (Phi) is 6.10. The van der Waals surface area contributed by atoms with Gasteiger partial charge in [0.05, 0.1) is 5.41 Å². The molecule has 0 spiro atoms. The number of carboxylic acid groups (broad SMARTS) is 1. The molecule has 0 aliphatic rings. The Bertz CT molecular complexity index is 348. The molecule has 0 saturated heterocycles. The van der Waals surface area contributed by atoms with Gasteiger partial charge in [-0.25, -0.2) is 4.39 Å². The molecule has 0 bridgehead atoms. The van der Waals surface area contributed by atoms with Crippen LogP contribution >= 0.6 is 0 Å². The zero-order valence-electron chi connectivity index (χ0n) is 10.2. The first-order chi connectivity index (χ1) is 7.79. The molecule has 0 atom stereocenters. The van der Waals surface area contributed by atoms with E-state index in [1.807, 2.05) is 6.92 Å². The Labute approximate surface area is 100 Å². The van der Waals surface area contributed by atoms with Crippen molar-refractivity contribution in [1.82, 2.24) is 0 Å². The van der Waals surface area contributed by atoms with Crippen LogP contribution in [0.25, 0.3) is 0 Å². The Morgan fingerprint density at radius 3 is 2.06 bits per heavy atom. The second-order valence-electron chi connectivity index (χ2n) is 4.36. The van der Waals surface area contributed by atoms with Gasteiger partial charge in [-0.2, -0.15) is 0 Å². The number of hydrogen-bond donors (Lipinski definition) is 1. The van der Waals surface area contributed by atoms with Crippen LogP contribution < -0.4 is 0 Å². The van der Waals surface area contributed by atoms with Crippen molar-refractivity contribution in [3.63, 3.8) is 0 Å². The monoisotopic (exact) mass is 240 g/mol. The second-order valence-corrected chi connectivity index (χ2v) is 4.36. The van der Waals surface area contributed by atoms with Crippen LogP contribution in [0.4, 0.5) is 4.39 Å². The molecule has 3 nitrogen and oxygen atoms in total. The topological polar surface area (TPSA) is 54.4 Å². The van der Waals surface area contributed by atoms with Gasteiger partial charge in [0.1, 0.15) is 12.1 Å². The van der Waals surface area contributed by atoms with Crippen molar-refractivity contribution in [1.29, 1.82) is 0 Å². The molecule has 1 aromatic rings. The summed E-state index contributed by atoms with van der Waals surface area (Å²) in [5.74, 6) is -1.11. The number of carboxylic acids is 1. The number of aliphatic carboxylic acids is 1. The number of hydrogen-bond acceptors (Lipinski definition) is 2. The molecule has 0 amide bonds. The Morgan fingerprint density at radius 2 is 1.82 bits per heavy atom. The van der Waals surface area contributed by atoms with Gasteiger partial charge in [-0.1, -0.05) is 17.7 Å². The smallest absolute Gasteiger partial charge is 0.309 e. The lowest BCUT2D eigenvalue weighted by Crippen LogP contribution is -2.23. The number of carbonyl (C=O) groups is 2. The predicted octanol–water partition coefficient (Wildman–Crippen LogP) is 2.82. The Morgan fingerprint density at radius 1 is 1.35 bits per heavy atom. The number of aryl methyl sites for hydroxylation is 1. The lowest BCUT2D eigenvalue weighted by molar-refractivity contribution is -0.148. The molecule has 1 aromatic carbocycles. The number of carbonyl (C=O) groups excluding carboxylic acids is 1. The molecule has 0 aromatic heterocycles. The number of rotatable bonds is 3. The molecule has 4 heteroatoms. The van der Waals surface area contributed by atoms with Crippen LogP contribution in [0.1, 0.15) is 25.8 Å². The summed E-state index contributed by atoms with van der Waals surface area (Å²) in [4.78, 5) is 20.1. The first-order valence-corrected chi connectivity index (χ1v) is 5.19. The third-order valence-corrected chi connectivity index (χ3v) is 2.18. The van der Waals surface area contributed by atoms with Crippen LogP contribution in [0.3, 0.4) is 0 Å². The third-order valence-electron chi connectivity index (χ3n) is 2.18. The first kappa shape index (κ1) is 15.3. The first-order valence-electron chi connectivity index (χ1n) is 5.19. The molecular weight excluding hydrogens is 223 g/mol. The summed E-state index contributed by atoms with van der Waals surface area (Å²) in [6.45, 7) is 4.97. The maximum Gasteiger partial charge on any atom is 0.309 e. The molecule has 0 saturated carbocycles. The van der Waals surface area contributed by atoms with Crippen molar-refractivity contribution in [2.75, 3.05) is 0 Å². The lowest BCUT2D eigenvalue weighted by Gasteiger charge is -2.13. The van der Waals surface area contributed by atoms with Crippen molar-refractivity contribution < 1.29 is 19.1 Å². The molecule has 0 aliphatic heterocycles. The summed E-state index contributed by atoms with van der Waals surface area (Å²) in [6.07, 6.45) is 0.691. The minimum absolute atomic E-state index is 0.0718. The fraction of sp³-hybridized carbons (Fsp3) is 0.385. The molecule has 0 fully saturated rings. The molecule has 0 radical (unpaired) electrons. The van der Waals surface area contributed by atoms with Gasteiger partial charge in [-0.3, -0.25) is 4.79 Å². The van der Waals surface area contributed by atoms with Crippen molar-refractivity contribution in [2.45, 2.75) is 27.2 Å². The zero-order valence-corrected chi connectivity index (χ0v) is 10.2. The minimum atomic E-state index is -0.936. The van der Waals surface area contributed by atoms with Crippen LogP contribution in [-0.4, -0.2) is 17.4 Å². The van der Waals surface area contributed by atoms with Crippen LogP contribution in [0.2, 0.25) is 0 Å². The van der Waals surface area contributed by atoms with Crippen LogP contribution in [0.5, 0.6) is 0 Å². The molecule has 0 heterocycles. The molecule has 17 heavy (non-hydrogen) atoms. The van der Waals surface area contributed by atoms with Gasteiger partial charge in [0, 0.05) is 6.42 Å². The van der Waals surface area contributed by atoms with E-state index >= 15 is 0 Å². The third kappa shape index (κ3) is 6.45. The Hall–Kier alpha value is -1.71. The van der Waals surface area contributed by atoms with E-state index in [0.29, 0.717) is 6.29 Å². The molecule has 0 unspecified atom stereocenters.